The molecule has 15 heteroatoms. The van der Waals surface area contributed by atoms with E-state index in [1.807, 2.05) is 53.8 Å². The van der Waals surface area contributed by atoms with Gasteiger partial charge in [0.15, 0.2) is 0 Å². The molecule has 5 rings (SSSR count). The van der Waals surface area contributed by atoms with Crippen molar-refractivity contribution >= 4 is 34.5 Å². The number of rotatable bonds is 11. The molecule has 3 amide bonds. The zero-order valence-corrected chi connectivity index (χ0v) is 29.6. The summed E-state index contributed by atoms with van der Waals surface area (Å²) in [5.74, 6) is -0.128. The van der Waals surface area contributed by atoms with Gasteiger partial charge in [-0.1, -0.05) is 61.4 Å². The maximum Gasteiger partial charge on any atom is 0.430 e. The fourth-order valence-corrected chi connectivity index (χ4v) is 6.01. The number of aromatic nitrogens is 1. The Morgan fingerprint density at radius 3 is 2.18 bits per heavy atom. The van der Waals surface area contributed by atoms with Gasteiger partial charge < -0.3 is 19.9 Å². The minimum atomic E-state index is -6.04. The van der Waals surface area contributed by atoms with Crippen LogP contribution in [0.2, 0.25) is 0 Å². The molecule has 1 aromatic heterocycles. The van der Waals surface area contributed by atoms with Crippen LogP contribution in [0, 0.1) is 10.5 Å². The molecule has 1 aliphatic rings. The second-order valence-electron chi connectivity index (χ2n) is 12.2. The Hall–Kier alpha value is -4.38. The van der Waals surface area contributed by atoms with Gasteiger partial charge >= 0.3 is 18.4 Å². The predicted molar refractivity (Wildman–Crippen MR) is 182 cm³/mol. The molecule has 0 aliphatic carbocycles. The Balaban J connectivity index is 1.33. The monoisotopic (exact) mass is 827 g/mol. The first-order valence-corrected chi connectivity index (χ1v) is 16.7. The molecule has 1 atom stereocenters. The summed E-state index contributed by atoms with van der Waals surface area (Å²) in [6.45, 7) is 5.39. The molecule has 2 heterocycles. The standard InChI is InChI=1S/C36H32F6IN3O5/c1-4-5-23-16-26(34(49,35(37,38)39)36(40,41)42)12-15-29(23)51-30-17-24(28(43)18-44-30)19-46-31(47)33(3,45-32(46)48)25-10-13-27(14-11-25)50-20-22-8-6-21(2)7-9-22/h6-18,49H,4-5,19-20H2,1-3H3,(H,45,48). The number of ether oxygens (including phenoxy) is 2. The van der Waals surface area contributed by atoms with Crippen molar-refractivity contribution in [3.05, 3.63) is 116 Å². The van der Waals surface area contributed by atoms with E-state index in [2.05, 4.69) is 10.3 Å². The molecule has 1 aliphatic heterocycles. The first-order valence-electron chi connectivity index (χ1n) is 15.6. The van der Waals surface area contributed by atoms with Crippen molar-refractivity contribution < 1.29 is 50.5 Å². The highest BCUT2D eigenvalue weighted by atomic mass is 127. The summed E-state index contributed by atoms with van der Waals surface area (Å²) in [7, 11) is 0. The number of imide groups is 1. The van der Waals surface area contributed by atoms with Crippen LogP contribution in [-0.2, 0) is 35.5 Å². The van der Waals surface area contributed by atoms with Crippen molar-refractivity contribution in [2.24, 2.45) is 0 Å². The Kier molecular flexibility index (Phi) is 10.6. The number of carbonyl (C=O) groups excluding carboxylic acids is 2. The summed E-state index contributed by atoms with van der Waals surface area (Å²) >= 11 is 1.95. The number of carbonyl (C=O) groups is 2. The molecular weight excluding hydrogens is 795 g/mol. The van der Waals surface area contributed by atoms with E-state index in [-0.39, 0.29) is 30.2 Å². The Labute approximate surface area is 302 Å². The van der Waals surface area contributed by atoms with Gasteiger partial charge in [-0.05, 0) is 89.4 Å². The SMILES string of the molecule is CCCc1cc(C(O)(C(F)(F)F)C(F)(F)F)ccc1Oc1cc(CN2C(=O)NC(C)(c3ccc(OCc4ccc(C)cc4)cc3)C2=O)c(I)cn1. The minimum absolute atomic E-state index is 0.0209. The average Bonchev–Trinajstić information content (AvgIpc) is 3.29. The molecule has 0 spiro atoms. The van der Waals surface area contributed by atoms with E-state index in [1.54, 1.807) is 38.1 Å². The normalized spacial score (nSPS) is 16.7. The van der Waals surface area contributed by atoms with Gasteiger partial charge in [0.05, 0.1) is 6.54 Å². The van der Waals surface area contributed by atoms with E-state index < -0.39 is 41.0 Å². The fraction of sp³-hybridized carbons (Fsp3) is 0.306. The van der Waals surface area contributed by atoms with Crippen molar-refractivity contribution in [1.82, 2.24) is 15.2 Å². The van der Waals surface area contributed by atoms with Crippen LogP contribution in [0.1, 0.15) is 53.6 Å². The predicted octanol–water partition coefficient (Wildman–Crippen LogP) is 8.60. The second-order valence-corrected chi connectivity index (χ2v) is 13.4. The highest BCUT2D eigenvalue weighted by Gasteiger charge is 2.71. The first-order chi connectivity index (χ1) is 23.9. The molecule has 2 N–H and O–H groups in total. The second kappa shape index (κ2) is 14.3. The molecule has 270 valence electrons. The molecule has 0 radical (unpaired) electrons. The zero-order valence-electron chi connectivity index (χ0n) is 27.5. The van der Waals surface area contributed by atoms with Crippen molar-refractivity contribution in [2.45, 2.75) is 70.3 Å². The van der Waals surface area contributed by atoms with Crippen LogP contribution in [-0.4, -0.2) is 39.3 Å². The lowest BCUT2D eigenvalue weighted by atomic mass is 9.90. The summed E-state index contributed by atoms with van der Waals surface area (Å²) in [5.41, 5.74) is -4.84. The number of amides is 3. The molecule has 51 heavy (non-hydrogen) atoms. The smallest absolute Gasteiger partial charge is 0.430 e. The molecule has 0 bridgehead atoms. The molecule has 1 saturated heterocycles. The van der Waals surface area contributed by atoms with E-state index in [0.717, 1.165) is 22.1 Å². The number of urea groups is 1. The number of alkyl halides is 6. The highest BCUT2D eigenvalue weighted by Crippen LogP contribution is 2.50. The van der Waals surface area contributed by atoms with Gasteiger partial charge in [0.1, 0.15) is 23.6 Å². The Bertz CT molecular complexity index is 1900. The largest absolute Gasteiger partial charge is 0.489 e. The average molecular weight is 828 g/mol. The third-order valence-electron chi connectivity index (χ3n) is 8.50. The Morgan fingerprint density at radius 2 is 1.57 bits per heavy atom. The van der Waals surface area contributed by atoms with Gasteiger partial charge in [-0.15, -0.1) is 0 Å². The molecule has 0 saturated carbocycles. The maximum absolute atomic E-state index is 13.7. The van der Waals surface area contributed by atoms with E-state index in [1.165, 1.54) is 12.3 Å². The van der Waals surface area contributed by atoms with Gasteiger partial charge in [0.25, 0.3) is 11.5 Å². The number of halogens is 7. The Morgan fingerprint density at radius 1 is 0.922 bits per heavy atom. The topological polar surface area (TPSA) is 101 Å². The maximum atomic E-state index is 13.7. The third kappa shape index (κ3) is 7.64. The number of hydrogen-bond donors (Lipinski definition) is 2. The van der Waals surface area contributed by atoms with Crippen LogP contribution < -0.4 is 14.8 Å². The fourth-order valence-electron chi connectivity index (χ4n) is 5.55. The van der Waals surface area contributed by atoms with Crippen LogP contribution in [0.4, 0.5) is 31.1 Å². The van der Waals surface area contributed by atoms with Gasteiger partial charge in [-0.2, -0.15) is 26.3 Å². The van der Waals surface area contributed by atoms with Crippen LogP contribution in [0.5, 0.6) is 17.4 Å². The van der Waals surface area contributed by atoms with Crippen molar-refractivity contribution in [1.29, 1.82) is 0 Å². The van der Waals surface area contributed by atoms with Gasteiger partial charge in [-0.25, -0.2) is 9.78 Å². The number of hydrogen-bond acceptors (Lipinski definition) is 6. The summed E-state index contributed by atoms with van der Waals surface area (Å²) in [6, 6.07) is 17.5. The lowest BCUT2D eigenvalue weighted by Gasteiger charge is -2.33. The molecule has 3 aromatic carbocycles. The number of nitrogens with one attached hydrogen (secondary N) is 1. The molecule has 4 aromatic rings. The van der Waals surface area contributed by atoms with E-state index >= 15 is 0 Å². The quantitative estimate of drug-likeness (QED) is 0.0893. The number of pyridine rings is 1. The zero-order chi connectivity index (χ0) is 37.4. The number of benzene rings is 3. The van der Waals surface area contributed by atoms with Gasteiger partial charge in [0, 0.05) is 21.4 Å². The van der Waals surface area contributed by atoms with Gasteiger partial charge in [-0.3, -0.25) is 9.69 Å². The van der Waals surface area contributed by atoms with E-state index in [9.17, 15) is 41.0 Å². The van der Waals surface area contributed by atoms with Crippen LogP contribution in [0.15, 0.2) is 79.0 Å². The molecule has 8 nitrogen and oxygen atoms in total. The summed E-state index contributed by atoms with van der Waals surface area (Å²) in [4.78, 5) is 32.0. The number of aliphatic hydroxyl groups is 1. The molecule has 1 fully saturated rings. The van der Waals surface area contributed by atoms with E-state index in [4.69, 9.17) is 9.47 Å². The highest BCUT2D eigenvalue weighted by molar-refractivity contribution is 14.1. The summed E-state index contributed by atoms with van der Waals surface area (Å²) in [6.07, 6.45) is -10.3. The van der Waals surface area contributed by atoms with Crippen LogP contribution in [0.25, 0.3) is 0 Å². The van der Waals surface area contributed by atoms with Crippen molar-refractivity contribution in [3.8, 4) is 17.4 Å². The number of aryl methyl sites for hydroxylation is 2. The first kappa shape index (κ1) is 37.9. The lowest BCUT2D eigenvalue weighted by Crippen LogP contribution is -2.53. The van der Waals surface area contributed by atoms with Crippen molar-refractivity contribution in [2.75, 3.05) is 0 Å². The summed E-state index contributed by atoms with van der Waals surface area (Å²) < 4.78 is 93.4. The van der Waals surface area contributed by atoms with E-state index in [0.29, 0.717) is 45.6 Å². The minimum Gasteiger partial charge on any atom is -0.489 e. The molecular formula is C36H32F6IN3O5. The van der Waals surface area contributed by atoms with Crippen molar-refractivity contribution in [3.63, 3.8) is 0 Å². The lowest BCUT2D eigenvalue weighted by molar-refractivity contribution is -0.376. The van der Waals surface area contributed by atoms with Crippen LogP contribution in [0.3, 0.4) is 0 Å². The molecule has 1 unspecified atom stereocenters. The number of nitrogens with zero attached hydrogens (tertiary/aromatic N) is 2. The van der Waals surface area contributed by atoms with Crippen LogP contribution >= 0.6 is 22.6 Å². The summed E-state index contributed by atoms with van der Waals surface area (Å²) in [5, 5.41) is 12.6. The van der Waals surface area contributed by atoms with Gasteiger partial charge in [0.2, 0.25) is 5.88 Å². The third-order valence-corrected chi connectivity index (χ3v) is 9.47.